The first-order chi connectivity index (χ1) is 12.3. The SMILES string of the molecule is CCCNC(=O)C1CCN(c2ncnc3cnc4[nH]ccc4c23)CC1. The minimum Gasteiger partial charge on any atom is -0.356 e. The van der Waals surface area contributed by atoms with E-state index in [9.17, 15) is 4.79 Å². The fourth-order valence-electron chi connectivity index (χ4n) is 3.53. The average molecular weight is 338 g/mol. The van der Waals surface area contributed by atoms with Gasteiger partial charge in [0, 0.05) is 37.1 Å². The standard InChI is InChI=1S/C18H22N6O/c1-2-6-20-18(25)12-4-8-24(9-5-12)17-15-13-3-7-19-16(13)21-10-14(15)22-11-23-17/h3,7,10-12H,2,4-6,8-9H2,1H3,(H,19,21)(H,20,25). The second-order valence-corrected chi connectivity index (χ2v) is 6.51. The first-order valence-corrected chi connectivity index (χ1v) is 8.87. The maximum Gasteiger partial charge on any atom is 0.223 e. The molecule has 1 saturated heterocycles. The van der Waals surface area contributed by atoms with Gasteiger partial charge >= 0.3 is 0 Å². The molecule has 0 spiro atoms. The topological polar surface area (TPSA) is 86.8 Å². The van der Waals surface area contributed by atoms with Gasteiger partial charge in [-0.15, -0.1) is 0 Å². The van der Waals surface area contributed by atoms with Crippen LogP contribution in [0.5, 0.6) is 0 Å². The number of aromatic nitrogens is 4. The number of rotatable bonds is 4. The largest absolute Gasteiger partial charge is 0.356 e. The third kappa shape index (κ3) is 2.90. The number of carbonyl (C=O) groups excluding carboxylic acids is 1. The third-order valence-electron chi connectivity index (χ3n) is 4.88. The fraction of sp³-hybridized carbons (Fsp3) is 0.444. The van der Waals surface area contributed by atoms with E-state index in [0.29, 0.717) is 0 Å². The van der Waals surface area contributed by atoms with Crippen LogP contribution in [0.2, 0.25) is 0 Å². The molecule has 4 rings (SSSR count). The van der Waals surface area contributed by atoms with Crippen LogP contribution in [0.15, 0.2) is 24.8 Å². The second-order valence-electron chi connectivity index (χ2n) is 6.51. The van der Waals surface area contributed by atoms with Gasteiger partial charge in [0.25, 0.3) is 0 Å². The lowest BCUT2D eigenvalue weighted by Crippen LogP contribution is -2.41. The van der Waals surface area contributed by atoms with Gasteiger partial charge in [0.2, 0.25) is 5.91 Å². The summed E-state index contributed by atoms with van der Waals surface area (Å²) in [7, 11) is 0. The fourth-order valence-corrected chi connectivity index (χ4v) is 3.53. The van der Waals surface area contributed by atoms with Gasteiger partial charge in [-0.25, -0.2) is 15.0 Å². The number of hydrogen-bond acceptors (Lipinski definition) is 5. The zero-order valence-corrected chi connectivity index (χ0v) is 14.3. The van der Waals surface area contributed by atoms with E-state index >= 15 is 0 Å². The van der Waals surface area contributed by atoms with Crippen LogP contribution in [0.4, 0.5) is 5.82 Å². The molecule has 1 aliphatic rings. The molecule has 3 aromatic heterocycles. The average Bonchev–Trinajstić information content (AvgIpc) is 3.15. The number of nitrogens with one attached hydrogen (secondary N) is 2. The van der Waals surface area contributed by atoms with E-state index in [1.807, 2.05) is 12.3 Å². The van der Waals surface area contributed by atoms with Crippen molar-refractivity contribution in [2.75, 3.05) is 24.5 Å². The molecule has 0 saturated carbocycles. The smallest absolute Gasteiger partial charge is 0.223 e. The summed E-state index contributed by atoms with van der Waals surface area (Å²) in [5.74, 6) is 1.22. The number of H-pyrrole nitrogens is 1. The van der Waals surface area contributed by atoms with Crippen molar-refractivity contribution in [3.8, 4) is 0 Å². The molecule has 1 fully saturated rings. The van der Waals surface area contributed by atoms with Gasteiger partial charge in [-0.3, -0.25) is 4.79 Å². The van der Waals surface area contributed by atoms with Crippen molar-refractivity contribution < 1.29 is 4.79 Å². The van der Waals surface area contributed by atoms with E-state index in [4.69, 9.17) is 0 Å². The lowest BCUT2D eigenvalue weighted by Gasteiger charge is -2.32. The second kappa shape index (κ2) is 6.66. The van der Waals surface area contributed by atoms with Crippen molar-refractivity contribution in [3.63, 3.8) is 0 Å². The van der Waals surface area contributed by atoms with Gasteiger partial charge in [0.15, 0.2) is 0 Å². The number of aromatic amines is 1. The molecule has 0 aliphatic carbocycles. The lowest BCUT2D eigenvalue weighted by molar-refractivity contribution is -0.125. The molecule has 0 unspecified atom stereocenters. The summed E-state index contributed by atoms with van der Waals surface area (Å²) in [4.78, 5) is 30.9. The van der Waals surface area contributed by atoms with Gasteiger partial charge in [-0.2, -0.15) is 0 Å². The minimum atomic E-state index is 0.102. The van der Waals surface area contributed by atoms with Crippen LogP contribution in [-0.4, -0.2) is 45.5 Å². The Morgan fingerprint density at radius 1 is 1.32 bits per heavy atom. The molecule has 4 heterocycles. The third-order valence-corrected chi connectivity index (χ3v) is 4.88. The number of piperidine rings is 1. The first kappa shape index (κ1) is 15.8. The molecule has 1 amide bonds. The zero-order chi connectivity index (χ0) is 17.2. The predicted octanol–water partition coefficient (Wildman–Crippen LogP) is 2.25. The van der Waals surface area contributed by atoms with E-state index in [0.717, 1.165) is 66.7 Å². The maximum atomic E-state index is 12.2. The highest BCUT2D eigenvalue weighted by atomic mass is 16.1. The van der Waals surface area contributed by atoms with Gasteiger partial charge in [0.1, 0.15) is 17.8 Å². The molecule has 0 aromatic carbocycles. The Labute approximate surface area is 145 Å². The monoisotopic (exact) mass is 338 g/mol. The van der Waals surface area contributed by atoms with Crippen LogP contribution >= 0.6 is 0 Å². The number of nitrogens with zero attached hydrogens (tertiary/aromatic N) is 4. The number of fused-ring (bicyclic) bond motifs is 3. The Balaban J connectivity index is 1.59. The number of anilines is 1. The van der Waals surface area contributed by atoms with E-state index in [1.165, 1.54) is 0 Å². The first-order valence-electron chi connectivity index (χ1n) is 8.87. The molecule has 3 aromatic rings. The summed E-state index contributed by atoms with van der Waals surface area (Å²) in [5.41, 5.74) is 1.69. The Hall–Kier alpha value is -2.70. The van der Waals surface area contributed by atoms with Crippen LogP contribution in [0.25, 0.3) is 21.9 Å². The number of amides is 1. The summed E-state index contributed by atoms with van der Waals surface area (Å²) < 4.78 is 0. The van der Waals surface area contributed by atoms with Crippen molar-refractivity contribution in [1.82, 2.24) is 25.3 Å². The van der Waals surface area contributed by atoms with Crippen molar-refractivity contribution in [2.24, 2.45) is 5.92 Å². The molecule has 0 bridgehead atoms. The number of hydrogen-bond donors (Lipinski definition) is 2. The number of carbonyl (C=O) groups is 1. The quantitative estimate of drug-likeness (QED) is 0.762. The van der Waals surface area contributed by atoms with E-state index in [-0.39, 0.29) is 11.8 Å². The lowest BCUT2D eigenvalue weighted by atomic mass is 9.95. The Bertz CT molecular complexity index is 897. The Morgan fingerprint density at radius 2 is 2.16 bits per heavy atom. The van der Waals surface area contributed by atoms with E-state index < -0.39 is 0 Å². The normalized spacial score (nSPS) is 15.8. The van der Waals surface area contributed by atoms with Gasteiger partial charge in [-0.1, -0.05) is 6.92 Å². The molecular formula is C18H22N6O. The van der Waals surface area contributed by atoms with Crippen molar-refractivity contribution in [1.29, 1.82) is 0 Å². The van der Waals surface area contributed by atoms with E-state index in [1.54, 1.807) is 12.5 Å². The zero-order valence-electron chi connectivity index (χ0n) is 14.3. The predicted molar refractivity (Wildman–Crippen MR) is 97.4 cm³/mol. The highest BCUT2D eigenvalue weighted by Gasteiger charge is 2.26. The van der Waals surface area contributed by atoms with Gasteiger partial charge in [0.05, 0.1) is 17.1 Å². The highest BCUT2D eigenvalue weighted by molar-refractivity contribution is 6.08. The van der Waals surface area contributed by atoms with Crippen LogP contribution in [0, 0.1) is 5.92 Å². The molecular weight excluding hydrogens is 316 g/mol. The molecule has 0 radical (unpaired) electrons. The maximum absolute atomic E-state index is 12.2. The number of pyridine rings is 1. The van der Waals surface area contributed by atoms with Crippen molar-refractivity contribution >= 4 is 33.7 Å². The molecule has 2 N–H and O–H groups in total. The highest BCUT2D eigenvalue weighted by Crippen LogP contribution is 2.31. The molecule has 1 aliphatic heterocycles. The van der Waals surface area contributed by atoms with Crippen LogP contribution in [0.1, 0.15) is 26.2 Å². The Kier molecular flexibility index (Phi) is 4.21. The van der Waals surface area contributed by atoms with Gasteiger partial charge < -0.3 is 15.2 Å². The summed E-state index contributed by atoms with van der Waals surface area (Å²) in [6.45, 7) is 4.48. The molecule has 25 heavy (non-hydrogen) atoms. The summed E-state index contributed by atoms with van der Waals surface area (Å²) >= 11 is 0. The Morgan fingerprint density at radius 3 is 2.96 bits per heavy atom. The van der Waals surface area contributed by atoms with Crippen molar-refractivity contribution in [2.45, 2.75) is 26.2 Å². The van der Waals surface area contributed by atoms with Crippen LogP contribution in [-0.2, 0) is 4.79 Å². The molecule has 0 atom stereocenters. The minimum absolute atomic E-state index is 0.102. The molecule has 7 nitrogen and oxygen atoms in total. The van der Waals surface area contributed by atoms with E-state index in [2.05, 4.69) is 37.1 Å². The van der Waals surface area contributed by atoms with Crippen molar-refractivity contribution in [3.05, 3.63) is 24.8 Å². The van der Waals surface area contributed by atoms with Crippen LogP contribution < -0.4 is 10.2 Å². The summed E-state index contributed by atoms with van der Waals surface area (Å²) in [6.07, 6.45) is 7.93. The molecule has 130 valence electrons. The van der Waals surface area contributed by atoms with Crippen LogP contribution in [0.3, 0.4) is 0 Å². The molecule has 7 heteroatoms. The summed E-state index contributed by atoms with van der Waals surface area (Å²) in [5, 5.41) is 5.08. The van der Waals surface area contributed by atoms with Gasteiger partial charge in [-0.05, 0) is 25.3 Å². The summed E-state index contributed by atoms with van der Waals surface area (Å²) in [6, 6.07) is 2.02.